The number of aryl methyl sites for hydroxylation is 1. The van der Waals surface area contributed by atoms with Crippen molar-refractivity contribution < 1.29 is 14.6 Å². The van der Waals surface area contributed by atoms with Crippen LogP contribution in [0.5, 0.6) is 5.75 Å². The molecule has 3 aromatic rings. The van der Waals surface area contributed by atoms with Crippen LogP contribution in [0, 0.1) is 6.92 Å². The van der Waals surface area contributed by atoms with Crippen molar-refractivity contribution in [2.75, 3.05) is 7.11 Å². The van der Waals surface area contributed by atoms with E-state index in [9.17, 15) is 4.79 Å². The lowest BCUT2D eigenvalue weighted by atomic mass is 10.2. The predicted octanol–water partition coefficient (Wildman–Crippen LogP) is 1.81. The number of benzene rings is 1. The Balaban J connectivity index is 2.28. The number of carbonyl (C=O) groups is 1. The molecule has 1 N–H and O–H groups in total. The molecule has 21 heavy (non-hydrogen) atoms. The molecule has 0 aliphatic heterocycles. The van der Waals surface area contributed by atoms with E-state index in [1.807, 2.05) is 24.3 Å². The smallest absolute Gasteiger partial charge is 0.354 e. The van der Waals surface area contributed by atoms with Crippen molar-refractivity contribution in [3.63, 3.8) is 0 Å². The van der Waals surface area contributed by atoms with Gasteiger partial charge in [0.2, 0.25) is 0 Å². The Hall–Kier alpha value is -2.96. The summed E-state index contributed by atoms with van der Waals surface area (Å²) in [6.07, 6.45) is 0. The van der Waals surface area contributed by atoms with Crippen LogP contribution in [0.3, 0.4) is 0 Å². The number of fused-ring (bicyclic) bond motifs is 1. The molecule has 1 aromatic carbocycles. The molecule has 0 spiro atoms. The number of carboxylic acids is 1. The highest BCUT2D eigenvalue weighted by molar-refractivity contribution is 5.86. The molecule has 0 bridgehead atoms. The lowest BCUT2D eigenvalue weighted by molar-refractivity contribution is 0.0690. The first-order valence-corrected chi connectivity index (χ1v) is 6.21. The van der Waals surface area contributed by atoms with Crippen LogP contribution in [0.1, 0.15) is 16.3 Å². The monoisotopic (exact) mass is 284 g/mol. The number of aromatic carboxylic acids is 1. The van der Waals surface area contributed by atoms with Crippen molar-refractivity contribution >= 4 is 11.6 Å². The standard InChI is InChI=1S/C14H12N4O3/c1-8-15-10(14(19)20)7-12-16-17-13(18(8)12)9-5-3-4-6-11(9)21-2/h3-7H,1-2H3,(H,19,20). The molecular weight excluding hydrogens is 272 g/mol. The summed E-state index contributed by atoms with van der Waals surface area (Å²) in [5, 5.41) is 17.2. The van der Waals surface area contributed by atoms with Crippen molar-refractivity contribution in [3.05, 3.63) is 41.9 Å². The first-order valence-electron chi connectivity index (χ1n) is 6.21. The Labute approximate surface area is 119 Å². The van der Waals surface area contributed by atoms with Gasteiger partial charge in [-0.3, -0.25) is 4.40 Å². The molecule has 0 amide bonds. The minimum Gasteiger partial charge on any atom is -0.496 e. The van der Waals surface area contributed by atoms with Crippen LogP contribution in [0.25, 0.3) is 17.0 Å². The van der Waals surface area contributed by atoms with E-state index in [-0.39, 0.29) is 5.69 Å². The van der Waals surface area contributed by atoms with E-state index in [0.29, 0.717) is 23.0 Å². The van der Waals surface area contributed by atoms with Crippen molar-refractivity contribution in [3.8, 4) is 17.1 Å². The summed E-state index contributed by atoms with van der Waals surface area (Å²) in [5.74, 6) is 0.621. The van der Waals surface area contributed by atoms with Gasteiger partial charge in [0, 0.05) is 6.07 Å². The molecule has 106 valence electrons. The van der Waals surface area contributed by atoms with Crippen molar-refractivity contribution in [2.45, 2.75) is 6.92 Å². The number of nitrogens with zero attached hydrogens (tertiary/aromatic N) is 4. The Kier molecular flexibility index (Phi) is 3.02. The van der Waals surface area contributed by atoms with Crippen molar-refractivity contribution in [2.24, 2.45) is 0 Å². The molecule has 2 heterocycles. The number of hydrogen-bond acceptors (Lipinski definition) is 5. The summed E-state index contributed by atoms with van der Waals surface area (Å²) in [6, 6.07) is 8.80. The van der Waals surface area contributed by atoms with Gasteiger partial charge >= 0.3 is 5.97 Å². The second-order valence-electron chi connectivity index (χ2n) is 4.41. The summed E-state index contributed by atoms with van der Waals surface area (Å²) < 4.78 is 7.02. The van der Waals surface area contributed by atoms with Gasteiger partial charge in [-0.05, 0) is 19.1 Å². The number of ether oxygens (including phenoxy) is 1. The number of hydrogen-bond donors (Lipinski definition) is 1. The van der Waals surface area contributed by atoms with Gasteiger partial charge in [0.05, 0.1) is 12.7 Å². The summed E-state index contributed by atoms with van der Waals surface area (Å²) in [4.78, 5) is 15.1. The molecule has 0 fully saturated rings. The maximum absolute atomic E-state index is 11.0. The van der Waals surface area contributed by atoms with Crippen molar-refractivity contribution in [1.29, 1.82) is 0 Å². The normalized spacial score (nSPS) is 10.8. The van der Waals surface area contributed by atoms with Gasteiger partial charge in [0.1, 0.15) is 11.6 Å². The molecular formula is C14H12N4O3. The van der Waals surface area contributed by atoms with Gasteiger partial charge in [0.15, 0.2) is 17.2 Å². The fourth-order valence-corrected chi connectivity index (χ4v) is 2.20. The highest BCUT2D eigenvalue weighted by atomic mass is 16.5. The zero-order valence-electron chi connectivity index (χ0n) is 11.4. The zero-order chi connectivity index (χ0) is 15.0. The van der Waals surface area contributed by atoms with Crippen LogP contribution in [-0.2, 0) is 0 Å². The highest BCUT2D eigenvalue weighted by Gasteiger charge is 2.17. The van der Waals surface area contributed by atoms with Crippen molar-refractivity contribution in [1.82, 2.24) is 19.6 Å². The molecule has 0 saturated heterocycles. The lowest BCUT2D eigenvalue weighted by Crippen LogP contribution is -2.06. The largest absolute Gasteiger partial charge is 0.496 e. The summed E-state index contributed by atoms with van der Waals surface area (Å²) >= 11 is 0. The topological polar surface area (TPSA) is 89.6 Å². The predicted molar refractivity (Wildman–Crippen MR) is 74.5 cm³/mol. The minimum atomic E-state index is -1.09. The number of para-hydroxylation sites is 1. The van der Waals surface area contributed by atoms with Crippen LogP contribution in [0.4, 0.5) is 0 Å². The van der Waals surface area contributed by atoms with E-state index in [1.165, 1.54) is 6.07 Å². The van der Waals surface area contributed by atoms with E-state index in [4.69, 9.17) is 9.84 Å². The molecule has 3 rings (SSSR count). The molecule has 0 atom stereocenters. The van der Waals surface area contributed by atoms with Crippen LogP contribution < -0.4 is 4.74 Å². The average molecular weight is 284 g/mol. The van der Waals surface area contributed by atoms with E-state index in [1.54, 1.807) is 18.4 Å². The lowest BCUT2D eigenvalue weighted by Gasteiger charge is -2.08. The fourth-order valence-electron chi connectivity index (χ4n) is 2.20. The zero-order valence-corrected chi connectivity index (χ0v) is 11.4. The average Bonchev–Trinajstić information content (AvgIpc) is 2.91. The van der Waals surface area contributed by atoms with E-state index >= 15 is 0 Å². The molecule has 2 aromatic heterocycles. The third-order valence-corrected chi connectivity index (χ3v) is 3.13. The molecule has 0 aliphatic rings. The third kappa shape index (κ3) is 2.08. The number of aromatic nitrogens is 4. The maximum atomic E-state index is 11.0. The second kappa shape index (κ2) is 4.86. The molecule has 0 aliphatic carbocycles. The number of methoxy groups -OCH3 is 1. The first kappa shape index (κ1) is 13.0. The Morgan fingerprint density at radius 1 is 1.29 bits per heavy atom. The highest BCUT2D eigenvalue weighted by Crippen LogP contribution is 2.28. The van der Waals surface area contributed by atoms with Crippen LogP contribution >= 0.6 is 0 Å². The van der Waals surface area contributed by atoms with Gasteiger partial charge < -0.3 is 9.84 Å². The van der Waals surface area contributed by atoms with Gasteiger partial charge in [-0.2, -0.15) is 0 Å². The molecule has 0 radical (unpaired) electrons. The molecule has 7 heteroatoms. The SMILES string of the molecule is COc1ccccc1-c1nnc2cc(C(=O)O)nc(C)n12. The Morgan fingerprint density at radius 3 is 2.76 bits per heavy atom. The number of rotatable bonds is 3. The van der Waals surface area contributed by atoms with Gasteiger partial charge in [0.25, 0.3) is 0 Å². The fraction of sp³-hybridized carbons (Fsp3) is 0.143. The summed E-state index contributed by atoms with van der Waals surface area (Å²) in [5.41, 5.74) is 1.14. The van der Waals surface area contributed by atoms with Crippen LogP contribution in [0.15, 0.2) is 30.3 Å². The minimum absolute atomic E-state index is 0.0565. The van der Waals surface area contributed by atoms with Gasteiger partial charge in [-0.25, -0.2) is 9.78 Å². The quantitative estimate of drug-likeness (QED) is 0.788. The van der Waals surface area contributed by atoms with Gasteiger partial charge in [-0.1, -0.05) is 12.1 Å². The second-order valence-corrected chi connectivity index (χ2v) is 4.41. The first-order chi connectivity index (χ1) is 10.1. The Morgan fingerprint density at radius 2 is 2.05 bits per heavy atom. The molecule has 7 nitrogen and oxygen atoms in total. The van der Waals surface area contributed by atoms with Gasteiger partial charge in [-0.15, -0.1) is 10.2 Å². The molecule has 0 unspecified atom stereocenters. The third-order valence-electron chi connectivity index (χ3n) is 3.13. The van der Waals surface area contributed by atoms with Crippen LogP contribution in [-0.4, -0.2) is 37.8 Å². The van der Waals surface area contributed by atoms with E-state index in [2.05, 4.69) is 15.2 Å². The number of carboxylic acid groups (broad SMARTS) is 1. The summed E-state index contributed by atoms with van der Waals surface area (Å²) in [7, 11) is 1.58. The van der Waals surface area contributed by atoms with E-state index < -0.39 is 5.97 Å². The van der Waals surface area contributed by atoms with Crippen LogP contribution in [0.2, 0.25) is 0 Å². The molecule has 0 saturated carbocycles. The van der Waals surface area contributed by atoms with E-state index in [0.717, 1.165) is 5.56 Å². The summed E-state index contributed by atoms with van der Waals surface area (Å²) in [6.45, 7) is 1.71. The Bertz CT molecular complexity index is 841. The maximum Gasteiger partial charge on any atom is 0.354 e.